The zero-order valence-electron chi connectivity index (χ0n) is 8.14. The molecule has 2 rings (SSSR count). The first-order valence-electron chi connectivity index (χ1n) is 4.46. The van der Waals surface area contributed by atoms with Crippen LogP contribution in [0.4, 0.5) is 0 Å². The molecule has 1 heterocycles. The van der Waals surface area contributed by atoms with Crippen LogP contribution in [0.2, 0.25) is 5.02 Å². The lowest BCUT2D eigenvalue weighted by Crippen LogP contribution is -1.84. The van der Waals surface area contributed by atoms with Gasteiger partial charge in [0.2, 0.25) is 0 Å². The number of hydrogen-bond acceptors (Lipinski definition) is 3. The molecule has 0 atom stereocenters. The molecule has 0 fully saturated rings. The average molecular weight is 237 g/mol. The third kappa shape index (κ3) is 2.49. The molecule has 2 aromatic rings. The van der Waals surface area contributed by atoms with Crippen molar-refractivity contribution >= 4 is 23.4 Å². The molecule has 0 spiro atoms. The highest BCUT2D eigenvalue weighted by Crippen LogP contribution is 2.32. The van der Waals surface area contributed by atoms with E-state index in [1.165, 1.54) is 11.9 Å². The SMILES string of the molecule is Cc1ccccc1Sc1ncncc1Cl. The highest BCUT2D eigenvalue weighted by molar-refractivity contribution is 7.99. The Morgan fingerprint density at radius 3 is 2.80 bits per heavy atom. The molecule has 1 aromatic carbocycles. The lowest BCUT2D eigenvalue weighted by Gasteiger charge is -2.04. The van der Waals surface area contributed by atoms with Gasteiger partial charge in [0.25, 0.3) is 0 Å². The van der Waals surface area contributed by atoms with E-state index in [4.69, 9.17) is 11.6 Å². The van der Waals surface area contributed by atoms with Crippen LogP contribution in [0.5, 0.6) is 0 Å². The summed E-state index contributed by atoms with van der Waals surface area (Å²) in [6.07, 6.45) is 3.11. The number of nitrogens with zero attached hydrogens (tertiary/aromatic N) is 2. The van der Waals surface area contributed by atoms with Crippen molar-refractivity contribution in [1.82, 2.24) is 9.97 Å². The van der Waals surface area contributed by atoms with Crippen molar-refractivity contribution in [2.45, 2.75) is 16.8 Å². The van der Waals surface area contributed by atoms with Gasteiger partial charge in [0.05, 0.1) is 11.2 Å². The molecule has 0 amide bonds. The lowest BCUT2D eigenvalue weighted by molar-refractivity contribution is 1.05. The maximum Gasteiger partial charge on any atom is 0.123 e. The van der Waals surface area contributed by atoms with Crippen LogP contribution in [0.15, 0.2) is 46.7 Å². The largest absolute Gasteiger partial charge is 0.243 e. The van der Waals surface area contributed by atoms with Crippen LogP contribution in [0.1, 0.15) is 5.56 Å². The molecule has 0 saturated carbocycles. The first-order valence-corrected chi connectivity index (χ1v) is 5.66. The summed E-state index contributed by atoms with van der Waals surface area (Å²) < 4.78 is 0. The molecule has 0 N–H and O–H groups in total. The predicted octanol–water partition coefficient (Wildman–Crippen LogP) is 3.59. The van der Waals surface area contributed by atoms with Crippen LogP contribution in [-0.4, -0.2) is 9.97 Å². The van der Waals surface area contributed by atoms with E-state index in [0.717, 1.165) is 9.92 Å². The first kappa shape index (κ1) is 10.5. The number of aryl methyl sites for hydroxylation is 1. The molecule has 0 saturated heterocycles. The van der Waals surface area contributed by atoms with E-state index < -0.39 is 0 Å². The minimum atomic E-state index is 0.589. The van der Waals surface area contributed by atoms with Crippen LogP contribution >= 0.6 is 23.4 Å². The molecule has 15 heavy (non-hydrogen) atoms. The Kier molecular flexibility index (Phi) is 3.23. The van der Waals surface area contributed by atoms with Crippen molar-refractivity contribution in [2.24, 2.45) is 0 Å². The molecule has 0 bridgehead atoms. The number of halogens is 1. The van der Waals surface area contributed by atoms with E-state index in [0.29, 0.717) is 5.02 Å². The fourth-order valence-electron chi connectivity index (χ4n) is 1.15. The Hall–Kier alpha value is -1.06. The normalized spacial score (nSPS) is 10.3. The van der Waals surface area contributed by atoms with Gasteiger partial charge >= 0.3 is 0 Å². The highest BCUT2D eigenvalue weighted by Gasteiger charge is 2.05. The summed E-state index contributed by atoms with van der Waals surface area (Å²) in [4.78, 5) is 9.15. The molecule has 1 aromatic heterocycles. The van der Waals surface area contributed by atoms with Crippen LogP contribution in [0, 0.1) is 6.92 Å². The molecule has 0 aliphatic carbocycles. The zero-order chi connectivity index (χ0) is 10.7. The van der Waals surface area contributed by atoms with Crippen LogP contribution in [0.3, 0.4) is 0 Å². The van der Waals surface area contributed by atoms with E-state index >= 15 is 0 Å². The summed E-state index contributed by atoms with van der Waals surface area (Å²) in [5.74, 6) is 0. The Bertz CT molecular complexity index is 430. The topological polar surface area (TPSA) is 25.8 Å². The standard InChI is InChI=1S/C11H9ClN2S/c1-8-4-2-3-5-10(8)15-11-9(12)6-13-7-14-11/h2-7H,1H3. The molecule has 0 aliphatic heterocycles. The fourth-order valence-corrected chi connectivity index (χ4v) is 2.21. The Morgan fingerprint density at radius 1 is 1.27 bits per heavy atom. The summed E-state index contributed by atoms with van der Waals surface area (Å²) in [5.41, 5.74) is 1.22. The maximum atomic E-state index is 5.98. The van der Waals surface area contributed by atoms with E-state index in [2.05, 4.69) is 29.0 Å². The summed E-state index contributed by atoms with van der Waals surface area (Å²) in [6.45, 7) is 2.07. The van der Waals surface area contributed by atoms with Crippen molar-refractivity contribution in [3.8, 4) is 0 Å². The molecule has 76 valence electrons. The minimum Gasteiger partial charge on any atom is -0.243 e. The maximum absolute atomic E-state index is 5.98. The summed E-state index contributed by atoms with van der Waals surface area (Å²) in [7, 11) is 0. The predicted molar refractivity (Wildman–Crippen MR) is 62.3 cm³/mol. The van der Waals surface area contributed by atoms with E-state index in [1.54, 1.807) is 18.0 Å². The highest BCUT2D eigenvalue weighted by atomic mass is 35.5. The second-order valence-electron chi connectivity index (χ2n) is 3.04. The molecule has 2 nitrogen and oxygen atoms in total. The molecule has 0 radical (unpaired) electrons. The molecule has 0 unspecified atom stereocenters. The van der Waals surface area contributed by atoms with Crippen LogP contribution in [-0.2, 0) is 0 Å². The van der Waals surface area contributed by atoms with Gasteiger partial charge < -0.3 is 0 Å². The van der Waals surface area contributed by atoms with E-state index in [1.807, 2.05) is 12.1 Å². The summed E-state index contributed by atoms with van der Waals surface area (Å²) in [5, 5.41) is 1.38. The third-order valence-corrected chi connectivity index (χ3v) is 3.52. The van der Waals surface area contributed by atoms with Gasteiger partial charge in [0, 0.05) is 4.90 Å². The van der Waals surface area contributed by atoms with Crippen molar-refractivity contribution < 1.29 is 0 Å². The van der Waals surface area contributed by atoms with Gasteiger partial charge in [-0.05, 0) is 18.6 Å². The second-order valence-corrected chi connectivity index (χ2v) is 4.48. The van der Waals surface area contributed by atoms with E-state index in [9.17, 15) is 0 Å². The third-order valence-electron chi connectivity index (χ3n) is 1.93. The first-order chi connectivity index (χ1) is 7.27. The average Bonchev–Trinajstić information content (AvgIpc) is 2.24. The Morgan fingerprint density at radius 2 is 2.07 bits per heavy atom. The van der Waals surface area contributed by atoms with Crippen molar-refractivity contribution in [3.05, 3.63) is 47.4 Å². The monoisotopic (exact) mass is 236 g/mol. The number of aromatic nitrogens is 2. The van der Waals surface area contributed by atoms with Gasteiger partial charge in [0.1, 0.15) is 11.4 Å². The van der Waals surface area contributed by atoms with Crippen molar-refractivity contribution in [3.63, 3.8) is 0 Å². The second kappa shape index (κ2) is 4.64. The Balaban J connectivity index is 2.30. The molecule has 4 heteroatoms. The lowest BCUT2D eigenvalue weighted by atomic mass is 10.2. The molecular formula is C11H9ClN2S. The van der Waals surface area contributed by atoms with Gasteiger partial charge in [-0.15, -0.1) is 0 Å². The molecule has 0 aliphatic rings. The van der Waals surface area contributed by atoms with Gasteiger partial charge in [-0.1, -0.05) is 41.6 Å². The van der Waals surface area contributed by atoms with Crippen LogP contribution < -0.4 is 0 Å². The van der Waals surface area contributed by atoms with Gasteiger partial charge in [-0.2, -0.15) is 0 Å². The number of benzene rings is 1. The summed E-state index contributed by atoms with van der Waals surface area (Å²) in [6, 6.07) is 8.14. The van der Waals surface area contributed by atoms with Gasteiger partial charge in [0.15, 0.2) is 0 Å². The zero-order valence-corrected chi connectivity index (χ0v) is 9.72. The van der Waals surface area contributed by atoms with Crippen LogP contribution in [0.25, 0.3) is 0 Å². The smallest absolute Gasteiger partial charge is 0.123 e. The van der Waals surface area contributed by atoms with E-state index in [-0.39, 0.29) is 0 Å². The minimum absolute atomic E-state index is 0.589. The van der Waals surface area contributed by atoms with Gasteiger partial charge in [-0.3, -0.25) is 0 Å². The van der Waals surface area contributed by atoms with Crippen molar-refractivity contribution in [2.75, 3.05) is 0 Å². The van der Waals surface area contributed by atoms with Crippen molar-refractivity contribution in [1.29, 1.82) is 0 Å². The quantitative estimate of drug-likeness (QED) is 0.746. The van der Waals surface area contributed by atoms with Gasteiger partial charge in [-0.25, -0.2) is 9.97 Å². The molecular weight excluding hydrogens is 228 g/mol. The Labute approximate surface area is 97.7 Å². The number of rotatable bonds is 2. The fraction of sp³-hybridized carbons (Fsp3) is 0.0909. The number of hydrogen-bond donors (Lipinski definition) is 0. The summed E-state index contributed by atoms with van der Waals surface area (Å²) >= 11 is 7.54.